The molecule has 0 aliphatic heterocycles. The second-order valence-electron chi connectivity index (χ2n) is 4.74. The number of para-hydroxylation sites is 1. The van der Waals surface area contributed by atoms with Crippen LogP contribution in [-0.4, -0.2) is 33.5 Å². The van der Waals surface area contributed by atoms with E-state index >= 15 is 0 Å². The third kappa shape index (κ3) is 3.86. The molecule has 0 aromatic heterocycles. The van der Waals surface area contributed by atoms with Gasteiger partial charge in [-0.15, -0.1) is 0 Å². The first-order chi connectivity index (χ1) is 11.8. The zero-order valence-electron chi connectivity index (χ0n) is 13.3. The Hall–Kier alpha value is -3.14. The molecular formula is C15H14N2O7S. The number of sulfonamides is 1. The summed E-state index contributed by atoms with van der Waals surface area (Å²) in [6.45, 7) is 0. The highest BCUT2D eigenvalue weighted by Crippen LogP contribution is 2.28. The molecule has 0 unspecified atom stereocenters. The van der Waals surface area contributed by atoms with Crippen molar-refractivity contribution in [3.63, 3.8) is 0 Å². The van der Waals surface area contributed by atoms with Crippen LogP contribution in [0.25, 0.3) is 0 Å². The fourth-order valence-electron chi connectivity index (χ4n) is 2.08. The highest BCUT2D eigenvalue weighted by atomic mass is 32.2. The predicted molar refractivity (Wildman–Crippen MR) is 88.2 cm³/mol. The Balaban J connectivity index is 2.42. The topological polar surface area (TPSA) is 125 Å². The molecule has 2 rings (SSSR count). The van der Waals surface area contributed by atoms with E-state index in [1.807, 2.05) is 0 Å². The molecule has 0 heterocycles. The highest BCUT2D eigenvalue weighted by Gasteiger charge is 2.25. The van der Waals surface area contributed by atoms with Gasteiger partial charge < -0.3 is 9.47 Å². The van der Waals surface area contributed by atoms with Crippen molar-refractivity contribution < 1.29 is 27.6 Å². The van der Waals surface area contributed by atoms with Gasteiger partial charge >= 0.3 is 5.97 Å². The molecular weight excluding hydrogens is 352 g/mol. The second-order valence-corrected chi connectivity index (χ2v) is 6.39. The Morgan fingerprint density at radius 3 is 2.44 bits per heavy atom. The molecule has 10 heteroatoms. The Kier molecular flexibility index (Phi) is 5.22. The summed E-state index contributed by atoms with van der Waals surface area (Å²) in [7, 11) is -1.71. The van der Waals surface area contributed by atoms with Crippen molar-refractivity contribution in [2.45, 2.75) is 4.90 Å². The number of rotatable bonds is 6. The van der Waals surface area contributed by atoms with Gasteiger partial charge in [-0.05, 0) is 18.2 Å². The molecule has 0 aliphatic rings. The number of carbonyl (C=O) groups is 1. The molecule has 0 saturated carbocycles. The summed E-state index contributed by atoms with van der Waals surface area (Å²) in [5, 5.41) is 11.0. The molecule has 0 saturated heterocycles. The smallest absolute Gasteiger partial charge is 0.341 e. The molecule has 9 nitrogen and oxygen atoms in total. The maximum Gasteiger partial charge on any atom is 0.341 e. The van der Waals surface area contributed by atoms with Crippen molar-refractivity contribution in [2.24, 2.45) is 0 Å². The third-order valence-electron chi connectivity index (χ3n) is 3.21. The van der Waals surface area contributed by atoms with Gasteiger partial charge in [0.15, 0.2) is 4.90 Å². The van der Waals surface area contributed by atoms with Gasteiger partial charge in [0.05, 0.1) is 24.8 Å². The Morgan fingerprint density at radius 2 is 1.84 bits per heavy atom. The molecule has 132 valence electrons. The first-order valence-corrected chi connectivity index (χ1v) is 8.31. The average molecular weight is 366 g/mol. The molecule has 2 aromatic rings. The maximum atomic E-state index is 12.5. The number of anilines is 1. The van der Waals surface area contributed by atoms with Crippen LogP contribution in [0.3, 0.4) is 0 Å². The Labute approximate surface area is 143 Å². The van der Waals surface area contributed by atoms with E-state index in [4.69, 9.17) is 4.74 Å². The normalized spacial score (nSPS) is 10.8. The van der Waals surface area contributed by atoms with Crippen LogP contribution in [0.1, 0.15) is 10.4 Å². The Bertz CT molecular complexity index is 925. The summed E-state index contributed by atoms with van der Waals surface area (Å²) in [5.74, 6) is -0.556. The number of methoxy groups -OCH3 is 2. The maximum absolute atomic E-state index is 12.5. The predicted octanol–water partition coefficient (Wildman–Crippen LogP) is 2.19. The van der Waals surface area contributed by atoms with Crippen LogP contribution in [0, 0.1) is 10.1 Å². The van der Waals surface area contributed by atoms with Gasteiger partial charge in [0, 0.05) is 12.1 Å². The fourth-order valence-corrected chi connectivity index (χ4v) is 3.30. The van der Waals surface area contributed by atoms with Gasteiger partial charge in [0.2, 0.25) is 0 Å². The monoisotopic (exact) mass is 366 g/mol. The molecule has 0 atom stereocenters. The minimum atomic E-state index is -4.22. The van der Waals surface area contributed by atoms with Crippen LogP contribution in [0.4, 0.5) is 11.4 Å². The van der Waals surface area contributed by atoms with Crippen LogP contribution in [0.15, 0.2) is 47.4 Å². The van der Waals surface area contributed by atoms with Gasteiger partial charge in [0.1, 0.15) is 11.3 Å². The van der Waals surface area contributed by atoms with Crippen molar-refractivity contribution in [1.82, 2.24) is 0 Å². The number of nitro groups is 1. The highest BCUT2D eigenvalue weighted by molar-refractivity contribution is 7.92. The van der Waals surface area contributed by atoms with Crippen molar-refractivity contribution in [1.29, 1.82) is 0 Å². The molecule has 0 bridgehead atoms. The SMILES string of the molecule is COC(=O)c1ccc(NS(=O)(=O)c2ccccc2[N+](=O)[O-])cc1OC. The first kappa shape index (κ1) is 18.2. The molecule has 0 amide bonds. The summed E-state index contributed by atoms with van der Waals surface area (Å²) < 4.78 is 36.8. The second kappa shape index (κ2) is 7.18. The number of nitro benzene ring substituents is 1. The van der Waals surface area contributed by atoms with Crippen LogP contribution in [-0.2, 0) is 14.8 Å². The van der Waals surface area contributed by atoms with Crippen molar-refractivity contribution in [3.05, 3.63) is 58.1 Å². The zero-order chi connectivity index (χ0) is 18.6. The average Bonchev–Trinajstić information content (AvgIpc) is 2.60. The van der Waals surface area contributed by atoms with Crippen LogP contribution < -0.4 is 9.46 Å². The fraction of sp³-hybridized carbons (Fsp3) is 0.133. The largest absolute Gasteiger partial charge is 0.496 e. The summed E-state index contributed by atoms with van der Waals surface area (Å²) in [4.78, 5) is 21.4. The van der Waals surface area contributed by atoms with E-state index in [-0.39, 0.29) is 17.0 Å². The van der Waals surface area contributed by atoms with Crippen LogP contribution >= 0.6 is 0 Å². The number of esters is 1. The van der Waals surface area contributed by atoms with Gasteiger partial charge in [-0.2, -0.15) is 0 Å². The minimum Gasteiger partial charge on any atom is -0.496 e. The minimum absolute atomic E-state index is 0.0719. The number of carbonyl (C=O) groups excluding carboxylic acids is 1. The van der Waals surface area contributed by atoms with Crippen molar-refractivity contribution in [3.8, 4) is 5.75 Å². The van der Waals surface area contributed by atoms with E-state index in [9.17, 15) is 23.3 Å². The molecule has 1 N–H and O–H groups in total. The van der Waals surface area contributed by atoms with Crippen LogP contribution in [0.5, 0.6) is 5.75 Å². The number of hydrogen-bond donors (Lipinski definition) is 1. The first-order valence-electron chi connectivity index (χ1n) is 6.82. The lowest BCUT2D eigenvalue weighted by Crippen LogP contribution is -2.15. The van der Waals surface area contributed by atoms with Gasteiger partial charge in [0.25, 0.3) is 15.7 Å². The number of benzene rings is 2. The van der Waals surface area contributed by atoms with Crippen molar-refractivity contribution >= 4 is 27.4 Å². The van der Waals surface area contributed by atoms with Crippen LogP contribution in [0.2, 0.25) is 0 Å². The lowest BCUT2D eigenvalue weighted by atomic mass is 10.2. The zero-order valence-corrected chi connectivity index (χ0v) is 14.1. The summed E-state index contributed by atoms with van der Waals surface area (Å²) >= 11 is 0. The quantitative estimate of drug-likeness (QED) is 0.472. The van der Waals surface area contributed by atoms with E-state index in [0.717, 1.165) is 12.1 Å². The molecule has 25 heavy (non-hydrogen) atoms. The third-order valence-corrected chi connectivity index (χ3v) is 4.64. The van der Waals surface area contributed by atoms with Gasteiger partial charge in [-0.3, -0.25) is 14.8 Å². The number of ether oxygens (including phenoxy) is 2. The summed E-state index contributed by atoms with van der Waals surface area (Å²) in [6.07, 6.45) is 0. The number of nitrogens with zero attached hydrogens (tertiary/aromatic N) is 1. The van der Waals surface area contributed by atoms with E-state index in [0.29, 0.717) is 0 Å². The van der Waals surface area contributed by atoms with E-state index in [1.54, 1.807) is 0 Å². The molecule has 2 aromatic carbocycles. The van der Waals surface area contributed by atoms with E-state index in [2.05, 4.69) is 9.46 Å². The van der Waals surface area contributed by atoms with Gasteiger partial charge in [-0.25, -0.2) is 13.2 Å². The lowest BCUT2D eigenvalue weighted by molar-refractivity contribution is -0.387. The van der Waals surface area contributed by atoms with E-state index < -0.39 is 31.5 Å². The molecule has 0 fully saturated rings. The standard InChI is InChI=1S/C15H14N2O7S/c1-23-13-9-10(7-8-11(13)15(18)24-2)16-25(21,22)14-6-4-3-5-12(14)17(19)20/h3-9,16H,1-2H3. The molecule has 0 aliphatic carbocycles. The lowest BCUT2D eigenvalue weighted by Gasteiger charge is -2.11. The molecule has 0 spiro atoms. The van der Waals surface area contributed by atoms with Gasteiger partial charge in [-0.1, -0.05) is 12.1 Å². The summed E-state index contributed by atoms with van der Waals surface area (Å²) in [5.41, 5.74) is -0.366. The van der Waals surface area contributed by atoms with Crippen molar-refractivity contribution in [2.75, 3.05) is 18.9 Å². The summed E-state index contributed by atoms with van der Waals surface area (Å²) in [6, 6.07) is 8.88. The number of hydrogen-bond acceptors (Lipinski definition) is 7. The van der Waals surface area contributed by atoms with E-state index in [1.165, 1.54) is 44.6 Å². The molecule has 0 radical (unpaired) electrons. The number of nitrogens with one attached hydrogen (secondary N) is 1. The Morgan fingerprint density at radius 1 is 1.16 bits per heavy atom.